The fourth-order valence-electron chi connectivity index (χ4n) is 1.37. The third-order valence-corrected chi connectivity index (χ3v) is 2.46. The van der Waals surface area contributed by atoms with Gasteiger partial charge < -0.3 is 14.3 Å². The van der Waals surface area contributed by atoms with Gasteiger partial charge in [0.1, 0.15) is 12.2 Å². The van der Waals surface area contributed by atoms with Gasteiger partial charge >= 0.3 is 5.97 Å². The van der Waals surface area contributed by atoms with Gasteiger partial charge in [-0.1, -0.05) is 11.6 Å². The maximum Gasteiger partial charge on any atom is 0.312 e. The quantitative estimate of drug-likeness (QED) is 0.913. The lowest BCUT2D eigenvalue weighted by molar-refractivity contribution is -0.136. The molecule has 2 rings (SSSR count). The van der Waals surface area contributed by atoms with Crippen LogP contribution in [-0.4, -0.2) is 28.4 Å². The SMILES string of the molecule is COc1ccc(-c2nnc(CC(=O)O)o2)cc1Cl. The largest absolute Gasteiger partial charge is 0.495 e. The van der Waals surface area contributed by atoms with E-state index in [1.807, 2.05) is 0 Å². The van der Waals surface area contributed by atoms with Gasteiger partial charge in [-0.2, -0.15) is 0 Å². The van der Waals surface area contributed by atoms with E-state index in [1.54, 1.807) is 18.2 Å². The van der Waals surface area contributed by atoms with E-state index in [0.29, 0.717) is 16.3 Å². The van der Waals surface area contributed by atoms with Crippen molar-refractivity contribution in [2.24, 2.45) is 0 Å². The van der Waals surface area contributed by atoms with Crippen molar-refractivity contribution in [3.05, 3.63) is 29.1 Å². The zero-order valence-electron chi connectivity index (χ0n) is 9.38. The van der Waals surface area contributed by atoms with Gasteiger partial charge in [0.05, 0.1) is 12.1 Å². The molecule has 0 spiro atoms. The summed E-state index contributed by atoms with van der Waals surface area (Å²) < 4.78 is 10.2. The van der Waals surface area contributed by atoms with E-state index in [9.17, 15) is 4.79 Å². The maximum atomic E-state index is 10.5. The Labute approximate surface area is 107 Å². The average Bonchev–Trinajstić information content (AvgIpc) is 2.76. The molecule has 0 aliphatic carbocycles. The molecule has 0 unspecified atom stereocenters. The number of nitrogens with zero attached hydrogens (tertiary/aromatic N) is 2. The first-order valence-electron chi connectivity index (χ1n) is 4.98. The molecular formula is C11H9ClN2O4. The number of hydrogen-bond acceptors (Lipinski definition) is 5. The van der Waals surface area contributed by atoms with Crippen LogP contribution in [0.15, 0.2) is 22.6 Å². The van der Waals surface area contributed by atoms with Crippen LogP contribution >= 0.6 is 11.6 Å². The van der Waals surface area contributed by atoms with E-state index >= 15 is 0 Å². The van der Waals surface area contributed by atoms with Crippen LogP contribution in [-0.2, 0) is 11.2 Å². The minimum Gasteiger partial charge on any atom is -0.495 e. The molecule has 94 valence electrons. The van der Waals surface area contributed by atoms with Crippen molar-refractivity contribution in [3.8, 4) is 17.2 Å². The van der Waals surface area contributed by atoms with E-state index in [4.69, 9.17) is 25.9 Å². The van der Waals surface area contributed by atoms with E-state index in [-0.39, 0.29) is 18.2 Å². The smallest absolute Gasteiger partial charge is 0.312 e. The second kappa shape index (κ2) is 5.05. The summed E-state index contributed by atoms with van der Waals surface area (Å²) in [6, 6.07) is 4.97. The van der Waals surface area contributed by atoms with Crippen LogP contribution in [0.5, 0.6) is 5.75 Å². The summed E-state index contributed by atoms with van der Waals surface area (Å²) >= 11 is 5.96. The fourth-order valence-corrected chi connectivity index (χ4v) is 1.63. The first-order valence-corrected chi connectivity index (χ1v) is 5.36. The minimum atomic E-state index is -1.03. The Morgan fingerprint density at radius 3 is 2.89 bits per heavy atom. The summed E-state index contributed by atoms with van der Waals surface area (Å²) in [4.78, 5) is 10.5. The summed E-state index contributed by atoms with van der Waals surface area (Å²) in [6.45, 7) is 0. The summed E-state index contributed by atoms with van der Waals surface area (Å²) in [5.41, 5.74) is 0.602. The molecule has 0 aliphatic rings. The maximum absolute atomic E-state index is 10.5. The second-order valence-corrected chi connectivity index (χ2v) is 3.83. The van der Waals surface area contributed by atoms with Crippen LogP contribution in [0.2, 0.25) is 5.02 Å². The standard InChI is InChI=1S/C11H9ClN2O4/c1-17-8-3-2-6(4-7(8)12)11-14-13-9(18-11)5-10(15)16/h2-4H,5H2,1H3,(H,15,16). The number of aromatic nitrogens is 2. The van der Waals surface area contributed by atoms with Crippen LogP contribution in [0.4, 0.5) is 0 Å². The molecule has 0 radical (unpaired) electrons. The number of rotatable bonds is 4. The zero-order chi connectivity index (χ0) is 13.1. The number of benzene rings is 1. The van der Waals surface area contributed by atoms with Crippen molar-refractivity contribution in [1.29, 1.82) is 0 Å². The topological polar surface area (TPSA) is 85.5 Å². The molecule has 0 bridgehead atoms. The Morgan fingerprint density at radius 2 is 2.28 bits per heavy atom. The van der Waals surface area contributed by atoms with Crippen LogP contribution in [0, 0.1) is 0 Å². The van der Waals surface area contributed by atoms with Crippen LogP contribution in [0.1, 0.15) is 5.89 Å². The summed E-state index contributed by atoms with van der Waals surface area (Å²) in [7, 11) is 1.51. The van der Waals surface area contributed by atoms with Gasteiger partial charge in [0.15, 0.2) is 0 Å². The number of carbonyl (C=O) groups is 1. The van der Waals surface area contributed by atoms with E-state index in [1.165, 1.54) is 7.11 Å². The molecule has 2 aromatic rings. The van der Waals surface area contributed by atoms with Gasteiger partial charge in [-0.3, -0.25) is 4.79 Å². The number of methoxy groups -OCH3 is 1. The highest BCUT2D eigenvalue weighted by atomic mass is 35.5. The number of hydrogen-bond donors (Lipinski definition) is 1. The third-order valence-electron chi connectivity index (χ3n) is 2.17. The van der Waals surface area contributed by atoms with Crippen LogP contribution < -0.4 is 4.74 Å². The second-order valence-electron chi connectivity index (χ2n) is 3.42. The fraction of sp³-hybridized carbons (Fsp3) is 0.182. The Hall–Kier alpha value is -2.08. The lowest BCUT2D eigenvalue weighted by Gasteiger charge is -2.02. The zero-order valence-corrected chi connectivity index (χ0v) is 10.1. The lowest BCUT2D eigenvalue weighted by Crippen LogP contribution is -1.99. The highest BCUT2D eigenvalue weighted by Crippen LogP contribution is 2.29. The van der Waals surface area contributed by atoms with Gasteiger partial charge in [0, 0.05) is 5.56 Å². The van der Waals surface area contributed by atoms with Crippen LogP contribution in [0.25, 0.3) is 11.5 Å². The molecule has 7 heteroatoms. The molecule has 0 saturated heterocycles. The molecule has 6 nitrogen and oxygen atoms in total. The Morgan fingerprint density at radius 1 is 1.50 bits per heavy atom. The van der Waals surface area contributed by atoms with Gasteiger partial charge in [-0.15, -0.1) is 10.2 Å². The number of ether oxygens (including phenoxy) is 1. The molecule has 1 aromatic carbocycles. The van der Waals surface area contributed by atoms with Crippen molar-refractivity contribution in [1.82, 2.24) is 10.2 Å². The van der Waals surface area contributed by atoms with Crippen LogP contribution in [0.3, 0.4) is 0 Å². The number of carboxylic acids is 1. The lowest BCUT2D eigenvalue weighted by atomic mass is 10.2. The monoisotopic (exact) mass is 268 g/mol. The average molecular weight is 269 g/mol. The van der Waals surface area contributed by atoms with Crippen molar-refractivity contribution in [2.75, 3.05) is 7.11 Å². The van der Waals surface area contributed by atoms with Crippen molar-refractivity contribution in [2.45, 2.75) is 6.42 Å². The molecule has 0 fully saturated rings. The summed E-state index contributed by atoms with van der Waals surface area (Å²) in [6.07, 6.45) is -0.309. The molecule has 18 heavy (non-hydrogen) atoms. The number of halogens is 1. The van der Waals surface area contributed by atoms with E-state index in [0.717, 1.165) is 0 Å². The number of carboxylic acid groups (broad SMARTS) is 1. The van der Waals surface area contributed by atoms with E-state index < -0.39 is 5.97 Å². The summed E-state index contributed by atoms with van der Waals surface area (Å²) in [5, 5.41) is 16.4. The van der Waals surface area contributed by atoms with Gasteiger partial charge in [-0.05, 0) is 18.2 Å². The van der Waals surface area contributed by atoms with Crippen molar-refractivity contribution < 1.29 is 19.1 Å². The predicted molar refractivity (Wildman–Crippen MR) is 62.6 cm³/mol. The highest BCUT2D eigenvalue weighted by Gasteiger charge is 2.12. The Kier molecular flexibility index (Phi) is 3.47. The third kappa shape index (κ3) is 2.60. The van der Waals surface area contributed by atoms with Gasteiger partial charge in [0.2, 0.25) is 11.8 Å². The molecule has 0 amide bonds. The van der Waals surface area contributed by atoms with Gasteiger partial charge in [0.25, 0.3) is 0 Å². The number of aliphatic carboxylic acids is 1. The van der Waals surface area contributed by atoms with Gasteiger partial charge in [-0.25, -0.2) is 0 Å². The molecule has 0 saturated carbocycles. The predicted octanol–water partition coefficient (Wildman–Crippen LogP) is 2.03. The van der Waals surface area contributed by atoms with E-state index in [2.05, 4.69) is 10.2 Å². The first kappa shape index (κ1) is 12.4. The molecule has 1 N–H and O–H groups in total. The van der Waals surface area contributed by atoms with Crippen molar-refractivity contribution in [3.63, 3.8) is 0 Å². The molecule has 0 aliphatic heterocycles. The molecule has 1 heterocycles. The molecule has 0 atom stereocenters. The highest BCUT2D eigenvalue weighted by molar-refractivity contribution is 6.32. The molecule has 1 aromatic heterocycles. The molecular weight excluding hydrogens is 260 g/mol. The summed E-state index contributed by atoms with van der Waals surface area (Å²) in [5.74, 6) is -0.233. The Bertz CT molecular complexity index is 582. The van der Waals surface area contributed by atoms with Crippen molar-refractivity contribution >= 4 is 17.6 Å². The Balaban J connectivity index is 2.28. The minimum absolute atomic E-state index is 0.0458. The first-order chi connectivity index (χ1) is 8.60. The normalized spacial score (nSPS) is 10.3.